The summed E-state index contributed by atoms with van der Waals surface area (Å²) in [5.74, 6) is -0.921. The minimum atomic E-state index is -0.461. The molecule has 0 atom stereocenters. The zero-order valence-electron chi connectivity index (χ0n) is 9.67. The number of carbonyl (C=O) groups excluding carboxylic acids is 2. The Balaban J connectivity index is 1.77. The predicted molar refractivity (Wildman–Crippen MR) is 91.6 cm³/mol. The minimum Gasteiger partial charge on any atom is -0.299 e. The highest BCUT2D eigenvalue weighted by Crippen LogP contribution is 2.53. The monoisotopic (exact) mass is 358 g/mol. The maximum absolute atomic E-state index is 11.7. The summed E-state index contributed by atoms with van der Waals surface area (Å²) in [5.41, 5.74) is 0.0778. The average Bonchev–Trinajstić information content (AvgIpc) is 3.04. The maximum atomic E-state index is 11.7. The molecule has 0 aromatic rings. The first kappa shape index (κ1) is 14.3. The molecule has 3 heterocycles. The first-order chi connectivity index (χ1) is 9.63. The van der Waals surface area contributed by atoms with Crippen molar-refractivity contribution in [1.29, 1.82) is 0 Å². The molecule has 4 nitrogen and oxygen atoms in total. The van der Waals surface area contributed by atoms with Gasteiger partial charge in [-0.3, -0.25) is 20.2 Å². The molecule has 2 amide bonds. The number of allylic oxidation sites excluding steroid dienone is 1. The van der Waals surface area contributed by atoms with Gasteiger partial charge in [0.05, 0.1) is 8.47 Å². The van der Waals surface area contributed by atoms with Crippen LogP contribution >= 0.6 is 59.3 Å². The second-order valence-electron chi connectivity index (χ2n) is 3.62. The number of amides is 2. The number of rotatable bonds is 1. The smallest absolute Gasteiger partial charge is 0.263 e. The van der Waals surface area contributed by atoms with Crippen molar-refractivity contribution in [2.45, 2.75) is 0 Å². The fraction of sp³-hybridized carbons (Fsp3) is 0. The van der Waals surface area contributed by atoms with Gasteiger partial charge in [0.25, 0.3) is 11.8 Å². The van der Waals surface area contributed by atoms with Gasteiger partial charge in [-0.05, 0) is 34.5 Å². The number of nitrogens with one attached hydrogen (secondary N) is 2. The van der Waals surface area contributed by atoms with Crippen LogP contribution in [-0.2, 0) is 9.59 Å². The van der Waals surface area contributed by atoms with Crippen LogP contribution < -0.4 is 10.6 Å². The standard InChI is InChI=1S/C11H6N2O2S5/c14-7-6(8(15)13-11(16)12-7)3-5-4-19-10(20-5)9-17-1-2-18-9/h1-4H,(H2,12,13,14,15,16). The lowest BCUT2D eigenvalue weighted by Gasteiger charge is -2.16. The number of hydrogen-bond acceptors (Lipinski definition) is 7. The van der Waals surface area contributed by atoms with E-state index in [9.17, 15) is 9.59 Å². The van der Waals surface area contributed by atoms with Crippen molar-refractivity contribution in [3.8, 4) is 0 Å². The summed E-state index contributed by atoms with van der Waals surface area (Å²) >= 11 is 11.3. The van der Waals surface area contributed by atoms with E-state index < -0.39 is 11.8 Å². The van der Waals surface area contributed by atoms with E-state index in [4.69, 9.17) is 12.2 Å². The Morgan fingerprint density at radius 3 is 2.30 bits per heavy atom. The van der Waals surface area contributed by atoms with Crippen LogP contribution in [0.5, 0.6) is 0 Å². The van der Waals surface area contributed by atoms with E-state index in [0.29, 0.717) is 0 Å². The summed E-state index contributed by atoms with van der Waals surface area (Å²) in [6.45, 7) is 0. The van der Waals surface area contributed by atoms with Gasteiger partial charge in [0.2, 0.25) is 0 Å². The Morgan fingerprint density at radius 2 is 1.65 bits per heavy atom. The number of thiocarbonyl (C=S) groups is 1. The summed E-state index contributed by atoms with van der Waals surface area (Å²) in [4.78, 5) is 24.4. The second kappa shape index (κ2) is 6.02. The SMILES string of the molecule is O=C1NC(=S)NC(=O)C1=CC1=CSC(=C2SC=CS2)S1. The van der Waals surface area contributed by atoms with Crippen molar-refractivity contribution < 1.29 is 9.59 Å². The molecule has 0 saturated carbocycles. The molecule has 0 aliphatic carbocycles. The summed E-state index contributed by atoms with van der Waals surface area (Å²) in [7, 11) is 0. The molecule has 1 fully saturated rings. The first-order valence-corrected chi connectivity index (χ1v) is 9.15. The van der Waals surface area contributed by atoms with Crippen LogP contribution in [0.1, 0.15) is 0 Å². The molecule has 3 aliphatic rings. The zero-order chi connectivity index (χ0) is 14.1. The summed E-state index contributed by atoms with van der Waals surface area (Å²) in [5, 5.41) is 10.9. The Bertz CT molecular complexity index is 615. The third-order valence-corrected chi connectivity index (χ3v) is 7.49. The molecule has 0 unspecified atom stereocenters. The highest BCUT2D eigenvalue weighted by atomic mass is 32.2. The molecule has 9 heteroatoms. The van der Waals surface area contributed by atoms with E-state index in [0.717, 1.165) is 4.91 Å². The van der Waals surface area contributed by atoms with Gasteiger partial charge in [0.1, 0.15) is 5.57 Å². The van der Waals surface area contributed by atoms with Gasteiger partial charge in [0, 0.05) is 4.91 Å². The van der Waals surface area contributed by atoms with Gasteiger partial charge in [-0.15, -0.1) is 0 Å². The van der Waals surface area contributed by atoms with Crippen molar-refractivity contribution in [1.82, 2.24) is 10.6 Å². The number of carbonyl (C=O) groups is 2. The summed E-state index contributed by atoms with van der Waals surface area (Å²) in [6, 6.07) is 0. The lowest BCUT2D eigenvalue weighted by Crippen LogP contribution is -2.51. The van der Waals surface area contributed by atoms with E-state index in [1.54, 1.807) is 53.1 Å². The van der Waals surface area contributed by atoms with E-state index in [-0.39, 0.29) is 10.7 Å². The van der Waals surface area contributed by atoms with Gasteiger partial charge in [-0.25, -0.2) is 0 Å². The topological polar surface area (TPSA) is 58.2 Å². The molecule has 0 aromatic carbocycles. The van der Waals surface area contributed by atoms with Crippen LogP contribution in [0.4, 0.5) is 0 Å². The Kier molecular flexibility index (Phi) is 4.32. The Hall–Kier alpha value is -0.610. The fourth-order valence-electron chi connectivity index (χ4n) is 1.47. The van der Waals surface area contributed by atoms with Gasteiger partial charge >= 0.3 is 0 Å². The largest absolute Gasteiger partial charge is 0.299 e. The highest BCUT2D eigenvalue weighted by Gasteiger charge is 2.27. The van der Waals surface area contributed by atoms with Crippen molar-refractivity contribution in [2.24, 2.45) is 0 Å². The summed E-state index contributed by atoms with van der Waals surface area (Å²) < 4.78 is 2.40. The second-order valence-corrected chi connectivity index (χ2v) is 8.34. The third kappa shape index (κ3) is 3.01. The molecule has 2 N–H and O–H groups in total. The van der Waals surface area contributed by atoms with Crippen LogP contribution in [-0.4, -0.2) is 16.9 Å². The molecule has 0 bridgehead atoms. The Labute approximate surface area is 137 Å². The van der Waals surface area contributed by atoms with E-state index in [2.05, 4.69) is 10.6 Å². The number of hydrogen-bond donors (Lipinski definition) is 2. The van der Waals surface area contributed by atoms with Crippen LogP contribution in [0.2, 0.25) is 0 Å². The quantitative estimate of drug-likeness (QED) is 0.425. The van der Waals surface area contributed by atoms with Gasteiger partial charge < -0.3 is 0 Å². The molecule has 20 heavy (non-hydrogen) atoms. The van der Waals surface area contributed by atoms with Crippen molar-refractivity contribution in [3.63, 3.8) is 0 Å². The molecule has 0 aromatic heterocycles. The van der Waals surface area contributed by atoms with Crippen molar-refractivity contribution in [2.75, 3.05) is 0 Å². The Morgan fingerprint density at radius 1 is 1.00 bits per heavy atom. The molecule has 3 aliphatic heterocycles. The van der Waals surface area contributed by atoms with Crippen LogP contribution in [0.25, 0.3) is 0 Å². The average molecular weight is 359 g/mol. The lowest BCUT2D eigenvalue weighted by molar-refractivity contribution is -0.123. The van der Waals surface area contributed by atoms with Gasteiger partial charge in [-0.1, -0.05) is 47.0 Å². The molecule has 1 saturated heterocycles. The highest BCUT2D eigenvalue weighted by molar-refractivity contribution is 8.33. The molecule has 3 rings (SSSR count). The summed E-state index contributed by atoms with van der Waals surface area (Å²) in [6.07, 6.45) is 1.59. The molecule has 0 spiro atoms. The molecular weight excluding hydrogens is 352 g/mol. The molecule has 102 valence electrons. The van der Waals surface area contributed by atoms with Crippen molar-refractivity contribution >= 4 is 76.2 Å². The minimum absolute atomic E-state index is 0.0483. The van der Waals surface area contributed by atoms with E-state index >= 15 is 0 Å². The van der Waals surface area contributed by atoms with Crippen molar-refractivity contribution in [3.05, 3.63) is 41.3 Å². The molecular formula is C11H6N2O2S5. The van der Waals surface area contributed by atoms with Gasteiger partial charge in [0.15, 0.2) is 5.11 Å². The maximum Gasteiger partial charge on any atom is 0.263 e. The first-order valence-electron chi connectivity index (χ1n) is 5.29. The van der Waals surface area contributed by atoms with Crippen LogP contribution in [0, 0.1) is 0 Å². The van der Waals surface area contributed by atoms with E-state index in [1.807, 2.05) is 16.2 Å². The van der Waals surface area contributed by atoms with Crippen LogP contribution in [0.3, 0.4) is 0 Å². The third-order valence-electron chi connectivity index (χ3n) is 2.30. The van der Waals surface area contributed by atoms with E-state index in [1.165, 1.54) is 8.47 Å². The number of thioether (sulfide) groups is 4. The van der Waals surface area contributed by atoms with Gasteiger partial charge in [-0.2, -0.15) is 0 Å². The van der Waals surface area contributed by atoms with Crippen LogP contribution in [0.15, 0.2) is 41.3 Å². The fourth-order valence-corrected chi connectivity index (χ4v) is 6.04. The lowest BCUT2D eigenvalue weighted by atomic mass is 10.2. The zero-order valence-corrected chi connectivity index (χ0v) is 13.7. The predicted octanol–water partition coefficient (Wildman–Crippen LogP) is 2.84. The normalized spacial score (nSPS) is 22.1. The molecule has 0 radical (unpaired) electrons.